The van der Waals surface area contributed by atoms with Crippen molar-refractivity contribution in [2.45, 2.75) is 30.1 Å². The number of rotatable bonds is 8. The zero-order valence-corrected chi connectivity index (χ0v) is 19.8. The van der Waals surface area contributed by atoms with E-state index in [1.165, 1.54) is 35.2 Å². The molecule has 3 heterocycles. The molecule has 5 rings (SSSR count). The van der Waals surface area contributed by atoms with Gasteiger partial charge >= 0.3 is 0 Å². The Hall–Kier alpha value is -3.08. The van der Waals surface area contributed by atoms with Crippen molar-refractivity contribution >= 4 is 28.1 Å². The predicted molar refractivity (Wildman–Crippen MR) is 130 cm³/mol. The Morgan fingerprint density at radius 3 is 2.68 bits per heavy atom. The van der Waals surface area contributed by atoms with Crippen LogP contribution >= 0.6 is 23.1 Å². The van der Waals surface area contributed by atoms with Gasteiger partial charge in [-0.3, -0.25) is 4.40 Å². The van der Waals surface area contributed by atoms with Crippen LogP contribution in [0.1, 0.15) is 18.2 Å². The van der Waals surface area contributed by atoms with E-state index in [9.17, 15) is 13.9 Å². The highest BCUT2D eigenvalue weighted by atomic mass is 32.2. The number of halogens is 2. The molecule has 0 aliphatic heterocycles. The number of aliphatic hydroxyl groups is 1. The monoisotopic (exact) mass is 497 g/mol. The average Bonchev–Trinajstić information content (AvgIpc) is 3.55. The Morgan fingerprint density at radius 2 is 1.97 bits per heavy atom. The smallest absolute Gasteiger partial charge is 0.194 e. The molecule has 0 saturated heterocycles. The maximum Gasteiger partial charge on any atom is 0.194 e. The van der Waals surface area contributed by atoms with Gasteiger partial charge in [0.15, 0.2) is 4.96 Å². The number of imidazole rings is 1. The van der Waals surface area contributed by atoms with Crippen LogP contribution < -0.4 is 0 Å². The van der Waals surface area contributed by atoms with E-state index in [2.05, 4.69) is 28.4 Å². The molecule has 0 aliphatic carbocycles. The molecule has 0 unspecified atom stereocenters. The van der Waals surface area contributed by atoms with Gasteiger partial charge in [0, 0.05) is 35.0 Å². The molecule has 0 saturated carbocycles. The molecule has 0 fully saturated rings. The number of hydrogen-bond acceptors (Lipinski definition) is 6. The highest BCUT2D eigenvalue weighted by molar-refractivity contribution is 7.99. The van der Waals surface area contributed by atoms with E-state index in [1.54, 1.807) is 11.3 Å². The topological polar surface area (TPSA) is 68.2 Å². The second-order valence-electron chi connectivity index (χ2n) is 7.98. The number of nitrogens with zero attached hydrogens (tertiary/aromatic N) is 5. The average molecular weight is 498 g/mol. The Kier molecular flexibility index (Phi) is 6.20. The lowest BCUT2D eigenvalue weighted by atomic mass is 9.90. The number of thiazole rings is 1. The molecule has 0 bridgehead atoms. The van der Waals surface area contributed by atoms with Gasteiger partial charge in [0.25, 0.3) is 0 Å². The van der Waals surface area contributed by atoms with Crippen molar-refractivity contribution in [2.75, 3.05) is 0 Å². The zero-order valence-electron chi connectivity index (χ0n) is 18.2. The fourth-order valence-corrected chi connectivity index (χ4v) is 5.86. The summed E-state index contributed by atoms with van der Waals surface area (Å²) in [6.45, 7) is 1.79. The third-order valence-corrected chi connectivity index (χ3v) is 8.08. The number of hydrogen-bond donors (Lipinski definition) is 1. The fraction of sp³-hybridized carbons (Fsp3) is 0.208. The standard InChI is InChI=1S/C24H21F2N5OS2/c1-16(24(32,13-31-15-27-14-28-31)20-8-7-18(25)9-21(20)26)33-12-19-10-30-11-22(34-23(30)29-19)17-5-3-2-4-6-17/h2-11,14-16,32H,12-13H2,1H3/t16-,24-/m1/s1. The third kappa shape index (κ3) is 4.48. The van der Waals surface area contributed by atoms with Gasteiger partial charge in [-0.25, -0.2) is 23.4 Å². The summed E-state index contributed by atoms with van der Waals surface area (Å²) in [7, 11) is 0. The summed E-state index contributed by atoms with van der Waals surface area (Å²) in [5.41, 5.74) is 0.364. The molecule has 2 aromatic carbocycles. The second kappa shape index (κ2) is 9.28. The zero-order chi connectivity index (χ0) is 23.7. The van der Waals surface area contributed by atoms with Crippen LogP contribution in [0.5, 0.6) is 0 Å². The van der Waals surface area contributed by atoms with E-state index in [1.807, 2.05) is 35.7 Å². The van der Waals surface area contributed by atoms with Crippen LogP contribution in [0.2, 0.25) is 0 Å². The van der Waals surface area contributed by atoms with Crippen LogP contribution in [0.3, 0.4) is 0 Å². The van der Waals surface area contributed by atoms with E-state index >= 15 is 0 Å². The molecule has 3 aromatic heterocycles. The molecule has 2 atom stereocenters. The van der Waals surface area contributed by atoms with Crippen molar-refractivity contribution in [3.05, 3.63) is 96.5 Å². The number of thioether (sulfide) groups is 1. The summed E-state index contributed by atoms with van der Waals surface area (Å²) in [5.74, 6) is -0.984. The van der Waals surface area contributed by atoms with Crippen molar-refractivity contribution in [1.29, 1.82) is 0 Å². The molecule has 0 radical (unpaired) electrons. The molecule has 0 amide bonds. The molecule has 0 aliphatic rings. The SMILES string of the molecule is C[C@@H](SCc1cn2cc(-c3ccccc3)sc2n1)[C@](O)(Cn1cncn1)c1ccc(F)cc1F. The van der Waals surface area contributed by atoms with Crippen LogP contribution in [-0.4, -0.2) is 34.5 Å². The Bertz CT molecular complexity index is 1370. The lowest BCUT2D eigenvalue weighted by Crippen LogP contribution is -2.41. The van der Waals surface area contributed by atoms with Gasteiger partial charge in [-0.2, -0.15) is 5.10 Å². The predicted octanol–water partition coefficient (Wildman–Crippen LogP) is 5.14. The minimum absolute atomic E-state index is 0.0164. The van der Waals surface area contributed by atoms with Crippen molar-refractivity contribution < 1.29 is 13.9 Å². The van der Waals surface area contributed by atoms with Gasteiger partial charge in [0.1, 0.15) is 29.9 Å². The molecule has 0 spiro atoms. The van der Waals surface area contributed by atoms with Crippen molar-refractivity contribution in [2.24, 2.45) is 0 Å². The largest absolute Gasteiger partial charge is 0.382 e. The van der Waals surface area contributed by atoms with Crippen molar-refractivity contribution in [3.63, 3.8) is 0 Å². The van der Waals surface area contributed by atoms with Gasteiger partial charge in [0.2, 0.25) is 0 Å². The lowest BCUT2D eigenvalue weighted by molar-refractivity contribution is 0.0133. The first-order valence-electron chi connectivity index (χ1n) is 10.6. The molecule has 174 valence electrons. The Labute approximate surface area is 202 Å². The van der Waals surface area contributed by atoms with Gasteiger partial charge in [-0.05, 0) is 11.6 Å². The van der Waals surface area contributed by atoms with E-state index in [0.29, 0.717) is 5.75 Å². The number of fused-ring (bicyclic) bond motifs is 1. The highest BCUT2D eigenvalue weighted by Crippen LogP contribution is 2.37. The van der Waals surface area contributed by atoms with Crippen molar-refractivity contribution in [1.82, 2.24) is 24.1 Å². The summed E-state index contributed by atoms with van der Waals surface area (Å²) in [5, 5.41) is 15.2. The maximum atomic E-state index is 14.7. The minimum atomic E-state index is -1.65. The molecule has 10 heteroatoms. The Balaban J connectivity index is 1.36. The first-order valence-corrected chi connectivity index (χ1v) is 12.4. The summed E-state index contributed by atoms with van der Waals surface area (Å²) in [4.78, 5) is 10.6. The van der Waals surface area contributed by atoms with Crippen LogP contribution in [0.15, 0.2) is 73.6 Å². The summed E-state index contributed by atoms with van der Waals surface area (Å²) < 4.78 is 31.7. The van der Waals surface area contributed by atoms with E-state index in [0.717, 1.165) is 33.2 Å². The quantitative estimate of drug-likeness (QED) is 0.321. The summed E-state index contributed by atoms with van der Waals surface area (Å²) >= 11 is 3.05. The van der Waals surface area contributed by atoms with Gasteiger partial charge in [-0.1, -0.05) is 54.7 Å². The van der Waals surface area contributed by atoms with Crippen LogP contribution in [0, 0.1) is 11.6 Å². The maximum absolute atomic E-state index is 14.7. The molecule has 34 heavy (non-hydrogen) atoms. The fourth-order valence-electron chi connectivity index (χ4n) is 3.83. The third-order valence-electron chi connectivity index (χ3n) is 5.69. The molecule has 5 aromatic rings. The first-order chi connectivity index (χ1) is 16.4. The summed E-state index contributed by atoms with van der Waals surface area (Å²) in [6.07, 6.45) is 6.82. The normalized spacial score (nSPS) is 14.4. The molecule has 1 N–H and O–H groups in total. The van der Waals surface area contributed by atoms with Gasteiger partial charge in [-0.15, -0.1) is 11.8 Å². The van der Waals surface area contributed by atoms with E-state index < -0.39 is 22.5 Å². The van der Waals surface area contributed by atoms with Crippen LogP contribution in [-0.2, 0) is 17.9 Å². The number of benzene rings is 2. The molecular weight excluding hydrogens is 476 g/mol. The molecular formula is C24H21F2N5OS2. The van der Waals surface area contributed by atoms with E-state index in [-0.39, 0.29) is 12.1 Å². The van der Waals surface area contributed by atoms with Gasteiger partial charge in [0.05, 0.1) is 17.1 Å². The van der Waals surface area contributed by atoms with Crippen LogP contribution in [0.4, 0.5) is 8.78 Å². The Morgan fingerprint density at radius 1 is 1.15 bits per heavy atom. The second-order valence-corrected chi connectivity index (χ2v) is 10.3. The minimum Gasteiger partial charge on any atom is -0.382 e. The summed E-state index contributed by atoms with van der Waals surface area (Å²) in [6, 6.07) is 13.3. The number of aromatic nitrogens is 5. The highest BCUT2D eigenvalue weighted by Gasteiger charge is 2.39. The lowest BCUT2D eigenvalue weighted by Gasteiger charge is -2.34. The first kappa shape index (κ1) is 22.7. The van der Waals surface area contributed by atoms with Crippen molar-refractivity contribution in [3.8, 4) is 10.4 Å². The van der Waals surface area contributed by atoms with Gasteiger partial charge < -0.3 is 5.11 Å². The van der Waals surface area contributed by atoms with E-state index in [4.69, 9.17) is 4.98 Å². The molecule has 6 nitrogen and oxygen atoms in total. The van der Waals surface area contributed by atoms with Crippen LogP contribution in [0.25, 0.3) is 15.4 Å².